The predicted octanol–water partition coefficient (Wildman–Crippen LogP) is 4.29. The number of anilines is 1. The Bertz CT molecular complexity index is 827. The van der Waals surface area contributed by atoms with Gasteiger partial charge in [-0.3, -0.25) is 9.59 Å². The third-order valence-corrected chi connectivity index (χ3v) is 5.34. The summed E-state index contributed by atoms with van der Waals surface area (Å²) in [5, 5.41) is 2.96. The van der Waals surface area contributed by atoms with Gasteiger partial charge >= 0.3 is 0 Å². The maximum atomic E-state index is 13.3. The normalized spacial score (nSPS) is 17.4. The summed E-state index contributed by atoms with van der Waals surface area (Å²) in [5.74, 6) is 0.189. The maximum Gasteiger partial charge on any atom is 0.251 e. The number of para-hydroxylation sites is 1. The average molecular weight is 364 g/mol. The first-order chi connectivity index (χ1) is 12.9. The summed E-state index contributed by atoms with van der Waals surface area (Å²) in [7, 11) is 0. The molecule has 0 saturated carbocycles. The van der Waals surface area contributed by atoms with Crippen LogP contribution in [0.3, 0.4) is 0 Å². The molecular weight excluding hydrogens is 336 g/mol. The van der Waals surface area contributed by atoms with Crippen LogP contribution in [0, 0.1) is 12.8 Å². The van der Waals surface area contributed by atoms with Crippen LogP contribution in [0.2, 0.25) is 0 Å². The van der Waals surface area contributed by atoms with Gasteiger partial charge in [-0.05, 0) is 48.9 Å². The molecule has 4 nitrogen and oxygen atoms in total. The van der Waals surface area contributed by atoms with E-state index in [1.807, 2.05) is 56.0 Å². The Morgan fingerprint density at radius 3 is 2.41 bits per heavy atom. The number of rotatable bonds is 4. The van der Waals surface area contributed by atoms with Gasteiger partial charge in [0.2, 0.25) is 5.91 Å². The fourth-order valence-electron chi connectivity index (χ4n) is 3.59. The SMILES string of the molecule is Cc1ccc(C(=O)NC(C(=O)N2CCC(C)c3ccccc32)C(C)C)cc1. The lowest BCUT2D eigenvalue weighted by Gasteiger charge is -2.36. The van der Waals surface area contributed by atoms with Gasteiger partial charge in [-0.25, -0.2) is 0 Å². The highest BCUT2D eigenvalue weighted by Gasteiger charge is 2.33. The second-order valence-electron chi connectivity index (χ2n) is 7.80. The van der Waals surface area contributed by atoms with Crippen molar-refractivity contribution in [1.82, 2.24) is 5.32 Å². The number of carbonyl (C=O) groups excluding carboxylic acids is 2. The van der Waals surface area contributed by atoms with Gasteiger partial charge in [-0.2, -0.15) is 0 Å². The Hall–Kier alpha value is -2.62. The number of hydrogen-bond donors (Lipinski definition) is 1. The molecule has 1 heterocycles. The van der Waals surface area contributed by atoms with Crippen LogP contribution in [0.25, 0.3) is 0 Å². The number of nitrogens with zero attached hydrogens (tertiary/aromatic N) is 1. The van der Waals surface area contributed by atoms with E-state index in [0.717, 1.165) is 17.7 Å². The molecule has 0 aliphatic carbocycles. The first-order valence-electron chi connectivity index (χ1n) is 9.66. The molecule has 0 spiro atoms. The highest BCUT2D eigenvalue weighted by atomic mass is 16.2. The van der Waals surface area contributed by atoms with E-state index in [9.17, 15) is 9.59 Å². The van der Waals surface area contributed by atoms with Crippen LogP contribution >= 0.6 is 0 Å². The van der Waals surface area contributed by atoms with E-state index in [1.54, 1.807) is 12.1 Å². The van der Waals surface area contributed by atoms with E-state index in [2.05, 4.69) is 18.3 Å². The minimum Gasteiger partial charge on any atom is -0.340 e. The Morgan fingerprint density at radius 1 is 1.07 bits per heavy atom. The summed E-state index contributed by atoms with van der Waals surface area (Å²) in [6.45, 7) is 8.80. The standard InChI is InChI=1S/C23H28N2O2/c1-15(2)21(24-22(26)18-11-9-16(3)10-12-18)23(27)25-14-13-17(4)19-7-5-6-8-20(19)25/h5-12,15,17,21H,13-14H2,1-4H3,(H,24,26). The van der Waals surface area contributed by atoms with E-state index < -0.39 is 6.04 Å². The van der Waals surface area contributed by atoms with Crippen molar-refractivity contribution < 1.29 is 9.59 Å². The van der Waals surface area contributed by atoms with Crippen molar-refractivity contribution in [2.45, 2.75) is 46.1 Å². The second-order valence-corrected chi connectivity index (χ2v) is 7.80. The van der Waals surface area contributed by atoms with E-state index in [-0.39, 0.29) is 17.7 Å². The zero-order chi connectivity index (χ0) is 19.6. The van der Waals surface area contributed by atoms with E-state index in [0.29, 0.717) is 18.0 Å². The molecule has 27 heavy (non-hydrogen) atoms. The lowest BCUT2D eigenvalue weighted by molar-refractivity contribution is -0.121. The molecule has 1 aliphatic heterocycles. The van der Waals surface area contributed by atoms with Crippen LogP contribution in [0.5, 0.6) is 0 Å². The summed E-state index contributed by atoms with van der Waals surface area (Å²) in [6, 6.07) is 14.9. The van der Waals surface area contributed by atoms with E-state index in [4.69, 9.17) is 0 Å². The molecule has 0 radical (unpaired) electrons. The monoisotopic (exact) mass is 364 g/mol. The third kappa shape index (κ3) is 4.05. The molecular formula is C23H28N2O2. The van der Waals surface area contributed by atoms with Crippen molar-refractivity contribution >= 4 is 17.5 Å². The molecule has 142 valence electrons. The molecule has 1 aliphatic rings. The third-order valence-electron chi connectivity index (χ3n) is 5.34. The van der Waals surface area contributed by atoms with Crippen molar-refractivity contribution in [3.8, 4) is 0 Å². The molecule has 0 saturated heterocycles. The molecule has 0 fully saturated rings. The summed E-state index contributed by atoms with van der Waals surface area (Å²) in [6.07, 6.45) is 0.930. The Labute approximate surface area is 161 Å². The van der Waals surface area contributed by atoms with Gasteiger partial charge in [0.25, 0.3) is 5.91 Å². The molecule has 2 aromatic rings. The molecule has 3 rings (SSSR count). The largest absolute Gasteiger partial charge is 0.340 e. The first kappa shape index (κ1) is 19.2. The minimum atomic E-state index is -0.555. The number of carbonyl (C=O) groups is 2. The van der Waals surface area contributed by atoms with Crippen LogP contribution in [0.15, 0.2) is 48.5 Å². The summed E-state index contributed by atoms with van der Waals surface area (Å²) >= 11 is 0. The zero-order valence-electron chi connectivity index (χ0n) is 16.5. The topological polar surface area (TPSA) is 49.4 Å². The fraction of sp³-hybridized carbons (Fsp3) is 0.391. The summed E-state index contributed by atoms with van der Waals surface area (Å²) < 4.78 is 0. The van der Waals surface area contributed by atoms with Crippen LogP contribution in [-0.4, -0.2) is 24.4 Å². The molecule has 2 unspecified atom stereocenters. The van der Waals surface area contributed by atoms with E-state index >= 15 is 0 Å². The van der Waals surface area contributed by atoms with Crippen molar-refractivity contribution in [3.63, 3.8) is 0 Å². The quantitative estimate of drug-likeness (QED) is 0.880. The van der Waals surface area contributed by atoms with Crippen LogP contribution in [0.1, 0.15) is 54.6 Å². The predicted molar refractivity (Wildman–Crippen MR) is 109 cm³/mol. The second kappa shape index (κ2) is 7.95. The molecule has 2 amide bonds. The number of fused-ring (bicyclic) bond motifs is 1. The highest BCUT2D eigenvalue weighted by Crippen LogP contribution is 2.35. The maximum absolute atomic E-state index is 13.3. The highest BCUT2D eigenvalue weighted by molar-refractivity contribution is 6.03. The van der Waals surface area contributed by atoms with Crippen molar-refractivity contribution in [2.24, 2.45) is 5.92 Å². The van der Waals surface area contributed by atoms with Gasteiger partial charge in [0.15, 0.2) is 0 Å². The van der Waals surface area contributed by atoms with Crippen LogP contribution in [-0.2, 0) is 4.79 Å². The van der Waals surface area contributed by atoms with E-state index in [1.165, 1.54) is 5.56 Å². The summed E-state index contributed by atoms with van der Waals surface area (Å²) in [4.78, 5) is 27.9. The Kier molecular flexibility index (Phi) is 5.64. The molecule has 2 atom stereocenters. The van der Waals surface area contributed by atoms with Crippen molar-refractivity contribution in [3.05, 3.63) is 65.2 Å². The smallest absolute Gasteiger partial charge is 0.251 e. The Morgan fingerprint density at radius 2 is 1.74 bits per heavy atom. The molecule has 0 aromatic heterocycles. The van der Waals surface area contributed by atoms with Gasteiger partial charge < -0.3 is 10.2 Å². The van der Waals surface area contributed by atoms with Crippen LogP contribution < -0.4 is 10.2 Å². The lowest BCUT2D eigenvalue weighted by Crippen LogP contribution is -2.52. The van der Waals surface area contributed by atoms with Gasteiger partial charge in [0, 0.05) is 17.8 Å². The van der Waals surface area contributed by atoms with Gasteiger partial charge in [0.05, 0.1) is 0 Å². The van der Waals surface area contributed by atoms with Gasteiger partial charge in [0.1, 0.15) is 6.04 Å². The zero-order valence-corrected chi connectivity index (χ0v) is 16.5. The average Bonchev–Trinajstić information content (AvgIpc) is 2.66. The lowest BCUT2D eigenvalue weighted by atomic mass is 9.90. The number of aryl methyl sites for hydroxylation is 1. The van der Waals surface area contributed by atoms with Crippen LogP contribution in [0.4, 0.5) is 5.69 Å². The van der Waals surface area contributed by atoms with Gasteiger partial charge in [-0.1, -0.05) is 56.7 Å². The molecule has 4 heteroatoms. The number of benzene rings is 2. The number of amides is 2. The summed E-state index contributed by atoms with van der Waals surface area (Å²) in [5.41, 5.74) is 3.84. The fourth-order valence-corrected chi connectivity index (χ4v) is 3.59. The molecule has 0 bridgehead atoms. The Balaban J connectivity index is 1.83. The molecule has 1 N–H and O–H groups in total. The van der Waals surface area contributed by atoms with Crippen molar-refractivity contribution in [2.75, 3.05) is 11.4 Å². The minimum absolute atomic E-state index is 0.00147. The van der Waals surface area contributed by atoms with Crippen molar-refractivity contribution in [1.29, 1.82) is 0 Å². The first-order valence-corrected chi connectivity index (χ1v) is 9.66. The molecule has 2 aromatic carbocycles. The number of nitrogens with one attached hydrogen (secondary N) is 1. The number of hydrogen-bond acceptors (Lipinski definition) is 2. The van der Waals surface area contributed by atoms with Gasteiger partial charge in [-0.15, -0.1) is 0 Å².